The van der Waals surface area contributed by atoms with E-state index in [1.165, 1.54) is 0 Å². The maximum atomic E-state index is 10.9. The molecule has 5 heteroatoms. The summed E-state index contributed by atoms with van der Waals surface area (Å²) in [6, 6.07) is 3.65. The van der Waals surface area contributed by atoms with E-state index in [0.717, 1.165) is 16.6 Å². The molecule has 1 rings (SSSR count). The Balaban J connectivity index is 2.95. The second-order valence-electron chi connectivity index (χ2n) is 5.05. The summed E-state index contributed by atoms with van der Waals surface area (Å²) in [5.41, 5.74) is 1.59. The molecule has 1 unspecified atom stereocenters. The van der Waals surface area contributed by atoms with Gasteiger partial charge in [0.2, 0.25) is 0 Å². The Labute approximate surface area is 116 Å². The summed E-state index contributed by atoms with van der Waals surface area (Å²) in [5.74, 6) is 0.590. The van der Waals surface area contributed by atoms with Gasteiger partial charge in [-0.2, -0.15) is 0 Å². The van der Waals surface area contributed by atoms with Crippen LogP contribution in [0.15, 0.2) is 16.6 Å². The average molecular weight is 315 g/mol. The summed E-state index contributed by atoms with van der Waals surface area (Å²) in [7, 11) is 0. The minimum absolute atomic E-state index is 0.150. The molecule has 100 valence electrons. The van der Waals surface area contributed by atoms with E-state index in [1.807, 2.05) is 0 Å². The van der Waals surface area contributed by atoms with Crippen LogP contribution in [0.4, 0.5) is 11.4 Å². The van der Waals surface area contributed by atoms with Crippen LogP contribution in [0.3, 0.4) is 0 Å². The van der Waals surface area contributed by atoms with Crippen molar-refractivity contribution in [2.45, 2.75) is 40.2 Å². The van der Waals surface area contributed by atoms with E-state index < -0.39 is 0 Å². The van der Waals surface area contributed by atoms with E-state index in [9.17, 15) is 10.1 Å². The van der Waals surface area contributed by atoms with E-state index in [0.29, 0.717) is 11.5 Å². The number of nitrogens with one attached hydrogen (secondary N) is 1. The molecule has 0 aliphatic carbocycles. The van der Waals surface area contributed by atoms with Gasteiger partial charge in [-0.1, -0.05) is 13.8 Å². The van der Waals surface area contributed by atoms with Crippen LogP contribution in [0.2, 0.25) is 0 Å². The maximum Gasteiger partial charge on any atom is 0.274 e. The van der Waals surface area contributed by atoms with Gasteiger partial charge >= 0.3 is 0 Å². The lowest BCUT2D eigenvalue weighted by molar-refractivity contribution is -0.385. The average Bonchev–Trinajstić information content (AvgIpc) is 2.20. The van der Waals surface area contributed by atoms with Crippen molar-refractivity contribution in [1.29, 1.82) is 0 Å². The number of anilines is 1. The molecule has 0 aliphatic rings. The predicted octanol–water partition coefficient (Wildman–Crippen LogP) is 4.51. The first kappa shape index (κ1) is 15.0. The second kappa shape index (κ2) is 6.18. The zero-order valence-corrected chi connectivity index (χ0v) is 12.7. The summed E-state index contributed by atoms with van der Waals surface area (Å²) in [4.78, 5) is 10.6. The molecule has 0 amide bonds. The van der Waals surface area contributed by atoms with E-state index in [4.69, 9.17) is 0 Å². The molecule has 0 aliphatic heterocycles. The van der Waals surface area contributed by atoms with Crippen molar-refractivity contribution < 1.29 is 4.92 Å². The molecule has 0 saturated carbocycles. The van der Waals surface area contributed by atoms with Gasteiger partial charge in [0.25, 0.3) is 5.69 Å². The van der Waals surface area contributed by atoms with Crippen LogP contribution in [-0.4, -0.2) is 11.0 Å². The van der Waals surface area contributed by atoms with Crippen LogP contribution in [0, 0.1) is 23.0 Å². The quantitative estimate of drug-likeness (QED) is 0.642. The number of nitro groups is 1. The number of aryl methyl sites for hydroxylation is 1. The van der Waals surface area contributed by atoms with Gasteiger partial charge in [-0.05, 0) is 48.2 Å². The van der Waals surface area contributed by atoms with Gasteiger partial charge < -0.3 is 5.32 Å². The largest absolute Gasteiger partial charge is 0.381 e. The number of nitrogens with zero attached hydrogens (tertiary/aromatic N) is 1. The smallest absolute Gasteiger partial charge is 0.274 e. The van der Waals surface area contributed by atoms with Crippen molar-refractivity contribution >= 4 is 27.3 Å². The van der Waals surface area contributed by atoms with E-state index >= 15 is 0 Å². The first-order valence-electron chi connectivity index (χ1n) is 6.02. The molecule has 0 bridgehead atoms. The third-order valence-electron chi connectivity index (χ3n) is 2.71. The summed E-state index contributed by atoms with van der Waals surface area (Å²) in [6.07, 6.45) is 1.02. The molecule has 4 nitrogen and oxygen atoms in total. The summed E-state index contributed by atoms with van der Waals surface area (Å²) in [6.45, 7) is 8.14. The topological polar surface area (TPSA) is 55.2 Å². The Morgan fingerprint density at radius 3 is 2.50 bits per heavy atom. The van der Waals surface area contributed by atoms with Gasteiger partial charge in [0.1, 0.15) is 0 Å². The van der Waals surface area contributed by atoms with Gasteiger partial charge in [0, 0.05) is 22.1 Å². The summed E-state index contributed by atoms with van der Waals surface area (Å²) >= 11 is 3.44. The number of rotatable bonds is 5. The number of halogens is 1. The molecule has 0 spiro atoms. The van der Waals surface area contributed by atoms with Crippen molar-refractivity contribution in [3.8, 4) is 0 Å². The molecule has 0 aromatic heterocycles. The molecule has 0 saturated heterocycles. The molecule has 0 heterocycles. The second-order valence-corrected chi connectivity index (χ2v) is 5.90. The molecule has 18 heavy (non-hydrogen) atoms. The van der Waals surface area contributed by atoms with Crippen molar-refractivity contribution in [3.05, 3.63) is 32.3 Å². The fourth-order valence-electron chi connectivity index (χ4n) is 2.00. The van der Waals surface area contributed by atoms with Crippen LogP contribution >= 0.6 is 15.9 Å². The number of benzene rings is 1. The lowest BCUT2D eigenvalue weighted by Crippen LogP contribution is -2.17. The molecule has 1 aromatic carbocycles. The third kappa shape index (κ3) is 3.98. The fourth-order valence-corrected chi connectivity index (χ4v) is 2.57. The van der Waals surface area contributed by atoms with Crippen LogP contribution in [0.1, 0.15) is 32.8 Å². The highest BCUT2D eigenvalue weighted by Gasteiger charge is 2.15. The van der Waals surface area contributed by atoms with Crippen LogP contribution in [-0.2, 0) is 0 Å². The Hall–Kier alpha value is -1.10. The van der Waals surface area contributed by atoms with Crippen LogP contribution < -0.4 is 5.32 Å². The molecule has 1 aromatic rings. The predicted molar refractivity (Wildman–Crippen MR) is 78.1 cm³/mol. The van der Waals surface area contributed by atoms with Gasteiger partial charge in [-0.3, -0.25) is 10.1 Å². The van der Waals surface area contributed by atoms with Crippen molar-refractivity contribution in [2.75, 3.05) is 5.32 Å². The third-order valence-corrected chi connectivity index (χ3v) is 3.37. The zero-order chi connectivity index (χ0) is 13.9. The minimum Gasteiger partial charge on any atom is -0.381 e. The van der Waals surface area contributed by atoms with Crippen molar-refractivity contribution in [3.63, 3.8) is 0 Å². The van der Waals surface area contributed by atoms with Gasteiger partial charge in [-0.25, -0.2) is 0 Å². The summed E-state index contributed by atoms with van der Waals surface area (Å²) < 4.78 is 0.862. The first-order valence-corrected chi connectivity index (χ1v) is 6.81. The van der Waals surface area contributed by atoms with Crippen LogP contribution in [0.25, 0.3) is 0 Å². The monoisotopic (exact) mass is 314 g/mol. The number of hydrogen-bond acceptors (Lipinski definition) is 3. The van der Waals surface area contributed by atoms with Gasteiger partial charge in [0.15, 0.2) is 0 Å². The Morgan fingerprint density at radius 1 is 1.39 bits per heavy atom. The highest BCUT2D eigenvalue weighted by molar-refractivity contribution is 9.10. The van der Waals surface area contributed by atoms with E-state index in [1.54, 1.807) is 19.1 Å². The Bertz CT molecular complexity index is 447. The summed E-state index contributed by atoms with van der Waals surface area (Å²) in [5, 5.41) is 14.2. The zero-order valence-electron chi connectivity index (χ0n) is 11.2. The highest BCUT2D eigenvalue weighted by Crippen LogP contribution is 2.31. The standard InChI is InChI=1S/C13H19BrN2O2/c1-8(2)5-10(4)15-12-7-13(16(17)18)9(3)6-11(12)14/h6-8,10,15H,5H2,1-4H3. The van der Waals surface area contributed by atoms with Crippen LogP contribution in [0.5, 0.6) is 0 Å². The molecule has 0 radical (unpaired) electrons. The van der Waals surface area contributed by atoms with Crippen molar-refractivity contribution in [2.24, 2.45) is 5.92 Å². The fraction of sp³-hybridized carbons (Fsp3) is 0.538. The number of nitro benzene ring substituents is 1. The molecular weight excluding hydrogens is 296 g/mol. The Kier molecular flexibility index (Phi) is 5.14. The lowest BCUT2D eigenvalue weighted by Gasteiger charge is -2.18. The SMILES string of the molecule is Cc1cc(Br)c(NC(C)CC(C)C)cc1[N+](=O)[O-]. The molecule has 0 fully saturated rings. The lowest BCUT2D eigenvalue weighted by atomic mass is 10.0. The highest BCUT2D eigenvalue weighted by atomic mass is 79.9. The van der Waals surface area contributed by atoms with Crippen molar-refractivity contribution in [1.82, 2.24) is 0 Å². The van der Waals surface area contributed by atoms with Gasteiger partial charge in [0.05, 0.1) is 10.6 Å². The molecule has 1 N–H and O–H groups in total. The van der Waals surface area contributed by atoms with Gasteiger partial charge in [-0.15, -0.1) is 0 Å². The number of hydrogen-bond donors (Lipinski definition) is 1. The molecule has 1 atom stereocenters. The normalized spacial score (nSPS) is 12.6. The maximum absolute atomic E-state index is 10.9. The van der Waals surface area contributed by atoms with E-state index in [-0.39, 0.29) is 16.7 Å². The Morgan fingerprint density at radius 2 is 2.00 bits per heavy atom. The minimum atomic E-state index is -0.347. The van der Waals surface area contributed by atoms with E-state index in [2.05, 4.69) is 42.0 Å². The first-order chi connectivity index (χ1) is 8.31. The molecular formula is C13H19BrN2O2.